The molecular weight excluding hydrogens is 507 g/mol. The molecule has 2 amide bonds. The van der Waals surface area contributed by atoms with E-state index in [9.17, 15) is 14.4 Å². The van der Waals surface area contributed by atoms with Crippen molar-refractivity contribution in [2.75, 3.05) is 17.2 Å². The van der Waals surface area contributed by atoms with Gasteiger partial charge in [-0.05, 0) is 68.7 Å². The number of aryl methyl sites for hydroxylation is 2. The third kappa shape index (κ3) is 6.51. The van der Waals surface area contributed by atoms with E-state index in [4.69, 9.17) is 27.9 Å². The zero-order valence-electron chi connectivity index (χ0n) is 19.6. The molecule has 6 nitrogen and oxygen atoms in total. The van der Waals surface area contributed by atoms with Gasteiger partial charge in [0.2, 0.25) is 5.91 Å². The fourth-order valence-corrected chi connectivity index (χ4v) is 4.92. The van der Waals surface area contributed by atoms with Gasteiger partial charge in [-0.3, -0.25) is 9.59 Å². The first-order valence-corrected chi connectivity index (χ1v) is 12.3. The molecule has 1 heterocycles. The molecule has 9 heteroatoms. The SMILES string of the molecule is CCOC(=O)c1c(NC(=O)/C=C/c2ccc(Cl)cc2Cl)sc(C(=O)Nc2ccc(C)cc2C)c1C. The second-order valence-electron chi connectivity index (χ2n) is 7.74. The second kappa shape index (κ2) is 11.5. The van der Waals surface area contributed by atoms with E-state index < -0.39 is 11.9 Å². The van der Waals surface area contributed by atoms with Crippen LogP contribution in [0.25, 0.3) is 6.08 Å². The average molecular weight is 531 g/mol. The number of carbonyl (C=O) groups is 3. The quantitative estimate of drug-likeness (QED) is 0.253. The van der Waals surface area contributed by atoms with Gasteiger partial charge in [-0.25, -0.2) is 4.79 Å². The fraction of sp³-hybridized carbons (Fsp3) is 0.192. The highest BCUT2D eigenvalue weighted by atomic mass is 35.5. The molecule has 35 heavy (non-hydrogen) atoms. The molecule has 0 aliphatic carbocycles. The Hall–Kier alpha value is -3.13. The number of anilines is 2. The zero-order valence-corrected chi connectivity index (χ0v) is 22.0. The van der Waals surface area contributed by atoms with Gasteiger partial charge >= 0.3 is 5.97 Å². The molecule has 3 rings (SSSR count). The van der Waals surface area contributed by atoms with Crippen LogP contribution in [0.4, 0.5) is 10.7 Å². The lowest BCUT2D eigenvalue weighted by Crippen LogP contribution is -2.14. The van der Waals surface area contributed by atoms with Crippen molar-refractivity contribution in [2.45, 2.75) is 27.7 Å². The molecule has 1 aromatic heterocycles. The van der Waals surface area contributed by atoms with Gasteiger partial charge in [-0.15, -0.1) is 11.3 Å². The topological polar surface area (TPSA) is 84.5 Å². The Morgan fingerprint density at radius 2 is 1.77 bits per heavy atom. The molecule has 182 valence electrons. The second-order valence-corrected chi connectivity index (χ2v) is 9.61. The number of nitrogens with one attached hydrogen (secondary N) is 2. The lowest BCUT2D eigenvalue weighted by Gasteiger charge is -2.09. The maximum Gasteiger partial charge on any atom is 0.341 e. The van der Waals surface area contributed by atoms with Crippen molar-refractivity contribution < 1.29 is 19.1 Å². The number of halogens is 2. The highest BCUT2D eigenvalue weighted by molar-refractivity contribution is 7.19. The smallest absolute Gasteiger partial charge is 0.341 e. The number of esters is 1. The minimum Gasteiger partial charge on any atom is -0.462 e. The van der Waals surface area contributed by atoms with Gasteiger partial charge in [0.15, 0.2) is 0 Å². The third-order valence-corrected chi connectivity index (χ3v) is 6.84. The van der Waals surface area contributed by atoms with E-state index in [2.05, 4.69) is 10.6 Å². The molecule has 2 N–H and O–H groups in total. The van der Waals surface area contributed by atoms with Crippen molar-refractivity contribution in [1.29, 1.82) is 0 Å². The fourth-order valence-electron chi connectivity index (χ4n) is 3.36. The van der Waals surface area contributed by atoms with Crippen LogP contribution in [0, 0.1) is 20.8 Å². The summed E-state index contributed by atoms with van der Waals surface area (Å²) >= 11 is 13.1. The van der Waals surface area contributed by atoms with Gasteiger partial charge in [0.05, 0.1) is 17.0 Å². The Bertz CT molecular complexity index is 1330. The molecule has 0 saturated heterocycles. The van der Waals surface area contributed by atoms with E-state index >= 15 is 0 Å². The van der Waals surface area contributed by atoms with Crippen LogP contribution >= 0.6 is 34.5 Å². The molecule has 0 bridgehead atoms. The summed E-state index contributed by atoms with van der Waals surface area (Å²) in [6.07, 6.45) is 2.82. The number of hydrogen-bond donors (Lipinski definition) is 2. The molecule has 0 spiro atoms. The summed E-state index contributed by atoms with van der Waals surface area (Å²) in [5.74, 6) is -1.50. The van der Waals surface area contributed by atoms with Crippen LogP contribution in [0.3, 0.4) is 0 Å². The predicted octanol–water partition coefficient (Wildman–Crippen LogP) is 7.06. The number of carbonyl (C=O) groups excluding carboxylic acids is 3. The Kier molecular flexibility index (Phi) is 8.72. The number of hydrogen-bond acceptors (Lipinski definition) is 5. The molecular formula is C26H24Cl2N2O4S. The van der Waals surface area contributed by atoms with Gasteiger partial charge < -0.3 is 15.4 Å². The minimum absolute atomic E-state index is 0.147. The molecule has 0 atom stereocenters. The maximum absolute atomic E-state index is 13.1. The van der Waals surface area contributed by atoms with Crippen LogP contribution in [0.15, 0.2) is 42.5 Å². The van der Waals surface area contributed by atoms with Crippen LogP contribution < -0.4 is 10.6 Å². The number of rotatable bonds is 7. The molecule has 2 aromatic carbocycles. The minimum atomic E-state index is -0.619. The molecule has 0 aliphatic heterocycles. The average Bonchev–Trinajstić information content (AvgIpc) is 3.11. The normalized spacial score (nSPS) is 10.9. The summed E-state index contributed by atoms with van der Waals surface area (Å²) in [5, 5.41) is 6.68. The summed E-state index contributed by atoms with van der Waals surface area (Å²) < 4.78 is 5.17. The monoisotopic (exact) mass is 530 g/mol. The van der Waals surface area contributed by atoms with Crippen molar-refractivity contribution in [3.63, 3.8) is 0 Å². The molecule has 3 aromatic rings. The summed E-state index contributed by atoms with van der Waals surface area (Å²) in [6.45, 7) is 7.36. The first-order valence-electron chi connectivity index (χ1n) is 10.7. The van der Waals surface area contributed by atoms with Crippen molar-refractivity contribution in [3.8, 4) is 0 Å². The Balaban J connectivity index is 1.89. The largest absolute Gasteiger partial charge is 0.462 e. The maximum atomic E-state index is 13.1. The van der Waals surface area contributed by atoms with Crippen LogP contribution in [0.5, 0.6) is 0 Å². The van der Waals surface area contributed by atoms with Gasteiger partial charge in [-0.2, -0.15) is 0 Å². The Morgan fingerprint density at radius 3 is 2.43 bits per heavy atom. The number of amides is 2. The first-order chi connectivity index (χ1) is 16.6. The van der Waals surface area contributed by atoms with Crippen molar-refractivity contribution in [3.05, 3.63) is 85.2 Å². The number of ether oxygens (including phenoxy) is 1. The Morgan fingerprint density at radius 1 is 1.03 bits per heavy atom. The van der Waals surface area contributed by atoms with Crippen molar-refractivity contribution in [1.82, 2.24) is 0 Å². The lowest BCUT2D eigenvalue weighted by atomic mass is 10.1. The summed E-state index contributed by atoms with van der Waals surface area (Å²) in [6, 6.07) is 10.6. The highest BCUT2D eigenvalue weighted by Gasteiger charge is 2.26. The van der Waals surface area contributed by atoms with Crippen LogP contribution in [-0.4, -0.2) is 24.4 Å². The third-order valence-electron chi connectivity index (χ3n) is 5.08. The molecule has 0 aliphatic rings. The predicted molar refractivity (Wildman–Crippen MR) is 143 cm³/mol. The van der Waals surface area contributed by atoms with Crippen LogP contribution in [-0.2, 0) is 9.53 Å². The molecule has 0 fully saturated rings. The summed E-state index contributed by atoms with van der Waals surface area (Å²) in [4.78, 5) is 38.7. The van der Waals surface area contributed by atoms with Crippen LogP contribution in [0.2, 0.25) is 10.0 Å². The summed E-state index contributed by atoms with van der Waals surface area (Å²) in [5.41, 5.74) is 3.84. The molecule has 0 unspecified atom stereocenters. The van der Waals surface area contributed by atoms with Crippen molar-refractivity contribution in [2.24, 2.45) is 0 Å². The Labute approximate surface area is 217 Å². The van der Waals surface area contributed by atoms with Gasteiger partial charge in [-0.1, -0.05) is 47.0 Å². The van der Waals surface area contributed by atoms with Gasteiger partial charge in [0, 0.05) is 21.8 Å². The van der Waals surface area contributed by atoms with Gasteiger partial charge in [0.25, 0.3) is 5.91 Å². The molecule has 0 saturated carbocycles. The van der Waals surface area contributed by atoms with Crippen molar-refractivity contribution >= 4 is 69.1 Å². The van der Waals surface area contributed by atoms with E-state index in [1.807, 2.05) is 32.0 Å². The van der Waals surface area contributed by atoms with Crippen LogP contribution in [0.1, 0.15) is 49.2 Å². The van der Waals surface area contributed by atoms with E-state index in [0.29, 0.717) is 31.7 Å². The van der Waals surface area contributed by atoms with Gasteiger partial charge in [0.1, 0.15) is 5.00 Å². The van der Waals surface area contributed by atoms with E-state index in [0.717, 1.165) is 22.5 Å². The summed E-state index contributed by atoms with van der Waals surface area (Å²) in [7, 11) is 0. The standard InChI is InChI=1S/C26H24Cl2N2O4S/c1-5-34-26(33)22-16(4)23(24(32)29-20-10-6-14(2)12-15(20)3)35-25(22)30-21(31)11-8-17-7-9-18(27)13-19(17)28/h6-13H,5H2,1-4H3,(H,29,32)(H,30,31)/b11-8+. The highest BCUT2D eigenvalue weighted by Crippen LogP contribution is 2.35. The van der Waals surface area contributed by atoms with E-state index in [1.54, 1.807) is 32.0 Å². The zero-order chi connectivity index (χ0) is 25.7. The molecule has 0 radical (unpaired) electrons. The number of thiophene rings is 1. The number of benzene rings is 2. The first kappa shape index (κ1) is 26.5. The van der Waals surface area contributed by atoms with E-state index in [-0.39, 0.29) is 23.1 Å². The van der Waals surface area contributed by atoms with E-state index in [1.165, 1.54) is 12.2 Å². The lowest BCUT2D eigenvalue weighted by molar-refractivity contribution is -0.111.